The first-order chi connectivity index (χ1) is 14.8. The normalized spacial score (nSPS) is 11.7. The van der Waals surface area contributed by atoms with Crippen molar-refractivity contribution in [3.05, 3.63) is 86.6 Å². The van der Waals surface area contributed by atoms with Crippen LogP contribution in [0.1, 0.15) is 42.5 Å². The monoisotopic (exact) mass is 434 g/mol. The lowest BCUT2D eigenvalue weighted by Gasteiger charge is -2.17. The molecule has 0 aliphatic heterocycles. The Morgan fingerprint density at radius 1 is 1.06 bits per heavy atom. The second-order valence-electron chi connectivity index (χ2n) is 8.54. The third-order valence-electron chi connectivity index (χ3n) is 5.05. The van der Waals surface area contributed by atoms with Gasteiger partial charge in [0, 0.05) is 39.9 Å². The molecule has 0 bridgehead atoms. The summed E-state index contributed by atoms with van der Waals surface area (Å²) in [6.07, 6.45) is 0.519. The fraction of sp³-hybridized carbons (Fsp3) is 0.250. The van der Waals surface area contributed by atoms with E-state index < -0.39 is 0 Å². The van der Waals surface area contributed by atoms with Crippen molar-refractivity contribution in [1.82, 2.24) is 15.4 Å². The molecule has 4 rings (SSSR count). The highest BCUT2D eigenvalue weighted by atomic mass is 32.1. The lowest BCUT2D eigenvalue weighted by molar-refractivity contribution is 0.466. The molecule has 2 aromatic carbocycles. The van der Waals surface area contributed by atoms with Crippen molar-refractivity contribution in [2.45, 2.75) is 39.2 Å². The molecule has 0 saturated heterocycles. The topological polar surface area (TPSA) is 90.0 Å². The first-order valence-electron chi connectivity index (χ1n) is 10.2. The number of pyridine rings is 1. The van der Waals surface area contributed by atoms with Crippen LogP contribution in [0.25, 0.3) is 10.9 Å². The quantitative estimate of drug-likeness (QED) is 0.331. The van der Waals surface area contributed by atoms with E-state index in [9.17, 15) is 9.90 Å². The van der Waals surface area contributed by atoms with E-state index in [1.54, 1.807) is 12.1 Å². The fourth-order valence-electron chi connectivity index (χ4n) is 3.48. The summed E-state index contributed by atoms with van der Waals surface area (Å²) in [6, 6.07) is 17.0. The molecule has 6 nitrogen and oxygen atoms in total. The largest absolute Gasteiger partial charge is 0.508 e. The van der Waals surface area contributed by atoms with Crippen LogP contribution < -0.4 is 16.4 Å². The first-order valence-corrected chi connectivity index (χ1v) is 11.0. The molecule has 0 atom stereocenters. The Balaban J connectivity index is 1.57. The molecule has 7 heteroatoms. The molecule has 160 valence electrons. The molecular formula is C24H26N4O2S. The summed E-state index contributed by atoms with van der Waals surface area (Å²) in [6.45, 7) is 6.82. The maximum atomic E-state index is 12.6. The van der Waals surface area contributed by atoms with Crippen molar-refractivity contribution in [3.8, 4) is 5.75 Å². The van der Waals surface area contributed by atoms with Gasteiger partial charge in [-0.25, -0.2) is 10.4 Å². The number of nitrogens with zero attached hydrogens (tertiary/aromatic N) is 1. The predicted octanol–water partition coefficient (Wildman–Crippen LogP) is 4.70. The number of rotatable bonds is 6. The number of aromatic hydroxyl groups is 1. The molecule has 0 aliphatic carbocycles. The molecule has 0 amide bonds. The van der Waals surface area contributed by atoms with Crippen LogP contribution in [0.4, 0.5) is 5.13 Å². The van der Waals surface area contributed by atoms with Gasteiger partial charge in [-0.05, 0) is 23.6 Å². The first kappa shape index (κ1) is 21.1. The highest BCUT2D eigenvalue weighted by molar-refractivity contribution is 7.15. The number of benzene rings is 2. The minimum Gasteiger partial charge on any atom is -0.508 e. The van der Waals surface area contributed by atoms with Crippen molar-refractivity contribution in [2.24, 2.45) is 0 Å². The van der Waals surface area contributed by atoms with Gasteiger partial charge in [-0.1, -0.05) is 57.2 Å². The van der Waals surface area contributed by atoms with E-state index in [1.807, 2.05) is 42.5 Å². The molecule has 2 aromatic heterocycles. The summed E-state index contributed by atoms with van der Waals surface area (Å²) in [7, 11) is 0. The molecule has 4 aromatic rings. The number of para-hydroxylation sites is 2. The molecular weight excluding hydrogens is 408 g/mol. The van der Waals surface area contributed by atoms with E-state index in [2.05, 4.69) is 36.6 Å². The average Bonchev–Trinajstić information content (AvgIpc) is 3.13. The molecule has 0 unspecified atom stereocenters. The summed E-state index contributed by atoms with van der Waals surface area (Å²) < 4.78 is 0. The van der Waals surface area contributed by atoms with Crippen LogP contribution in [0.15, 0.2) is 59.4 Å². The Morgan fingerprint density at radius 3 is 2.58 bits per heavy atom. The van der Waals surface area contributed by atoms with E-state index in [0.29, 0.717) is 13.0 Å². The molecule has 0 aliphatic rings. The van der Waals surface area contributed by atoms with Gasteiger partial charge < -0.3 is 10.1 Å². The van der Waals surface area contributed by atoms with Gasteiger partial charge in [0.2, 0.25) is 0 Å². The molecule has 0 radical (unpaired) electrons. The minimum atomic E-state index is -0.160. The molecule has 0 saturated carbocycles. The summed E-state index contributed by atoms with van der Waals surface area (Å²) in [5, 5.41) is 11.7. The standard InChI is InChI=1S/C24H26N4O2S/c1-24(2,3)21-20(13-17-12-15-8-4-6-10-18(15)26-22(17)30)31-23(27-21)28-25-14-16-9-5-7-11-19(16)29/h4-12,25,29H,13-14H2,1-3H3,(H,26,30)(H,27,28). The molecule has 31 heavy (non-hydrogen) atoms. The number of H-pyrrole nitrogens is 1. The van der Waals surface area contributed by atoms with Gasteiger partial charge in [0.05, 0.1) is 5.69 Å². The zero-order chi connectivity index (χ0) is 22.0. The van der Waals surface area contributed by atoms with Crippen molar-refractivity contribution < 1.29 is 5.11 Å². The second-order valence-corrected chi connectivity index (χ2v) is 9.62. The molecule has 0 fully saturated rings. The highest BCUT2D eigenvalue weighted by Crippen LogP contribution is 2.33. The van der Waals surface area contributed by atoms with Gasteiger partial charge in [-0.2, -0.15) is 0 Å². The number of phenols is 1. The van der Waals surface area contributed by atoms with E-state index in [-0.39, 0.29) is 16.7 Å². The van der Waals surface area contributed by atoms with Crippen LogP contribution in [0.5, 0.6) is 5.75 Å². The van der Waals surface area contributed by atoms with Gasteiger partial charge in [0.1, 0.15) is 5.75 Å². The van der Waals surface area contributed by atoms with Crippen molar-refractivity contribution >= 4 is 27.4 Å². The van der Waals surface area contributed by atoms with Crippen molar-refractivity contribution in [3.63, 3.8) is 0 Å². The zero-order valence-electron chi connectivity index (χ0n) is 17.8. The lowest BCUT2D eigenvalue weighted by atomic mass is 9.90. The number of aromatic nitrogens is 2. The van der Waals surface area contributed by atoms with Gasteiger partial charge in [-0.15, -0.1) is 11.3 Å². The van der Waals surface area contributed by atoms with Crippen LogP contribution in [0.2, 0.25) is 0 Å². The smallest absolute Gasteiger partial charge is 0.251 e. The van der Waals surface area contributed by atoms with Crippen LogP contribution in [-0.2, 0) is 18.4 Å². The summed E-state index contributed by atoms with van der Waals surface area (Å²) >= 11 is 1.53. The predicted molar refractivity (Wildman–Crippen MR) is 127 cm³/mol. The van der Waals surface area contributed by atoms with Crippen LogP contribution in [0.3, 0.4) is 0 Å². The maximum Gasteiger partial charge on any atom is 0.251 e. The Morgan fingerprint density at radius 2 is 1.81 bits per heavy atom. The second kappa shape index (κ2) is 8.53. The SMILES string of the molecule is CC(C)(C)c1nc(NNCc2ccccc2O)sc1Cc1cc2ccccc2[nH]c1=O. The Labute approximate surface area is 185 Å². The van der Waals surface area contributed by atoms with E-state index >= 15 is 0 Å². The number of hydrogen-bond acceptors (Lipinski definition) is 6. The number of hydrazine groups is 1. The molecule has 0 spiro atoms. The van der Waals surface area contributed by atoms with Crippen LogP contribution >= 0.6 is 11.3 Å². The number of phenolic OH excluding ortho intramolecular Hbond substituents is 1. The Kier molecular flexibility index (Phi) is 5.80. The van der Waals surface area contributed by atoms with Gasteiger partial charge in [0.25, 0.3) is 5.56 Å². The number of fused-ring (bicyclic) bond motifs is 1. The number of aromatic amines is 1. The number of thiazole rings is 1. The van der Waals surface area contributed by atoms with Crippen LogP contribution in [-0.4, -0.2) is 15.1 Å². The van der Waals surface area contributed by atoms with Gasteiger partial charge in [0.15, 0.2) is 5.13 Å². The number of hydrogen-bond donors (Lipinski definition) is 4. The van der Waals surface area contributed by atoms with E-state index in [0.717, 1.165) is 37.7 Å². The van der Waals surface area contributed by atoms with E-state index in [1.165, 1.54) is 11.3 Å². The third-order valence-corrected chi connectivity index (χ3v) is 6.03. The number of nitrogens with one attached hydrogen (secondary N) is 3. The Bertz CT molecular complexity index is 1270. The van der Waals surface area contributed by atoms with Gasteiger partial charge >= 0.3 is 0 Å². The van der Waals surface area contributed by atoms with Gasteiger partial charge in [-0.3, -0.25) is 10.2 Å². The molecule has 2 heterocycles. The Hall–Kier alpha value is -3.16. The van der Waals surface area contributed by atoms with Crippen molar-refractivity contribution in [1.29, 1.82) is 0 Å². The third kappa shape index (κ3) is 4.78. The highest BCUT2D eigenvalue weighted by Gasteiger charge is 2.24. The maximum absolute atomic E-state index is 12.6. The van der Waals surface area contributed by atoms with Crippen molar-refractivity contribution in [2.75, 3.05) is 5.43 Å². The molecule has 4 N–H and O–H groups in total. The minimum absolute atomic E-state index is 0.0702. The fourth-order valence-corrected chi connectivity index (χ4v) is 4.65. The summed E-state index contributed by atoms with van der Waals surface area (Å²) in [5.41, 5.74) is 9.36. The lowest BCUT2D eigenvalue weighted by Crippen LogP contribution is -2.21. The van der Waals surface area contributed by atoms with E-state index in [4.69, 9.17) is 4.98 Å². The zero-order valence-corrected chi connectivity index (χ0v) is 18.6. The summed E-state index contributed by atoms with van der Waals surface area (Å²) in [4.78, 5) is 21.5. The summed E-state index contributed by atoms with van der Waals surface area (Å²) in [5.74, 6) is 0.252. The van der Waals surface area contributed by atoms with Crippen LogP contribution in [0, 0.1) is 0 Å². The number of anilines is 1. The average molecular weight is 435 g/mol.